The minimum atomic E-state index is 0.871. The highest BCUT2D eigenvalue weighted by Gasteiger charge is 2.23. The van der Waals surface area contributed by atoms with Gasteiger partial charge < -0.3 is 10.5 Å². The van der Waals surface area contributed by atoms with Gasteiger partial charge in [-0.3, -0.25) is 0 Å². The number of thiazole rings is 1. The molecule has 4 rings (SSSR count). The number of hydrogen-bond donors (Lipinski definition) is 1. The predicted octanol–water partition coefficient (Wildman–Crippen LogP) is 4.10. The molecule has 0 unspecified atom stereocenters. The summed E-state index contributed by atoms with van der Waals surface area (Å²) in [7, 11) is 1.69. The van der Waals surface area contributed by atoms with E-state index in [0.717, 1.165) is 32.4 Å². The summed E-state index contributed by atoms with van der Waals surface area (Å²) >= 11 is 3.44. The normalized spacial score (nSPS) is 13.8. The first kappa shape index (κ1) is 12.2. The molecule has 2 heterocycles. The van der Waals surface area contributed by atoms with Crippen LogP contribution >= 0.6 is 22.7 Å². The number of aryl methyl sites for hydroxylation is 1. The lowest BCUT2D eigenvalue weighted by atomic mass is 10.1. The number of nitrogens with zero attached hydrogens (tertiary/aromatic N) is 1. The van der Waals surface area contributed by atoms with Crippen molar-refractivity contribution in [3.8, 4) is 16.3 Å². The monoisotopic (exact) mass is 302 g/mol. The lowest BCUT2D eigenvalue weighted by molar-refractivity contribution is 0.415. The molecule has 0 saturated carbocycles. The van der Waals surface area contributed by atoms with Gasteiger partial charge in [-0.2, -0.15) is 0 Å². The Balaban J connectivity index is 1.90. The highest BCUT2D eigenvalue weighted by Crippen LogP contribution is 2.45. The maximum atomic E-state index is 6.22. The average molecular weight is 302 g/mol. The number of ether oxygens (including phenoxy) is 1. The maximum Gasteiger partial charge on any atom is 0.127 e. The summed E-state index contributed by atoms with van der Waals surface area (Å²) in [4.78, 5) is 6.21. The Morgan fingerprint density at radius 1 is 1.25 bits per heavy atom. The van der Waals surface area contributed by atoms with Gasteiger partial charge in [0.1, 0.15) is 10.8 Å². The lowest BCUT2D eigenvalue weighted by Gasteiger charge is -1.98. The zero-order chi connectivity index (χ0) is 13.7. The number of hydrogen-bond acceptors (Lipinski definition) is 5. The van der Waals surface area contributed by atoms with Crippen molar-refractivity contribution in [1.29, 1.82) is 0 Å². The summed E-state index contributed by atoms with van der Waals surface area (Å²) in [6.07, 6.45) is 3.55. The molecule has 0 radical (unpaired) electrons. The van der Waals surface area contributed by atoms with Crippen LogP contribution in [-0.2, 0) is 12.8 Å². The van der Waals surface area contributed by atoms with Crippen LogP contribution in [0.4, 0.5) is 5.00 Å². The largest absolute Gasteiger partial charge is 0.497 e. The zero-order valence-electron chi connectivity index (χ0n) is 11.1. The Bertz CT molecular complexity index is 804. The Labute approximate surface area is 125 Å². The highest BCUT2D eigenvalue weighted by atomic mass is 32.1. The van der Waals surface area contributed by atoms with Crippen LogP contribution in [0.5, 0.6) is 5.75 Å². The fraction of sp³-hybridized carbons (Fsp3) is 0.267. The van der Waals surface area contributed by atoms with Gasteiger partial charge in [0.2, 0.25) is 0 Å². The molecule has 20 heavy (non-hydrogen) atoms. The van der Waals surface area contributed by atoms with Crippen molar-refractivity contribution in [1.82, 2.24) is 4.98 Å². The standard InChI is InChI=1S/C15H14N2OS2/c1-18-8-5-6-10-12(7-8)20-15(17-10)13-9-3-2-4-11(9)19-14(13)16/h5-7H,2-4,16H2,1H3. The van der Waals surface area contributed by atoms with Crippen molar-refractivity contribution in [2.45, 2.75) is 19.3 Å². The van der Waals surface area contributed by atoms with Crippen molar-refractivity contribution in [3.05, 3.63) is 28.6 Å². The van der Waals surface area contributed by atoms with E-state index in [9.17, 15) is 0 Å². The van der Waals surface area contributed by atoms with Gasteiger partial charge in [-0.05, 0) is 43.0 Å². The molecule has 0 spiro atoms. The van der Waals surface area contributed by atoms with Gasteiger partial charge in [-0.15, -0.1) is 22.7 Å². The second-order valence-corrected chi connectivity index (χ2v) is 7.12. The van der Waals surface area contributed by atoms with Gasteiger partial charge in [-0.25, -0.2) is 4.98 Å². The van der Waals surface area contributed by atoms with Gasteiger partial charge in [0.15, 0.2) is 0 Å². The van der Waals surface area contributed by atoms with Gasteiger partial charge in [0.25, 0.3) is 0 Å². The summed E-state index contributed by atoms with van der Waals surface area (Å²) in [5.74, 6) is 0.871. The first-order valence-electron chi connectivity index (χ1n) is 6.61. The molecule has 3 aromatic rings. The molecular weight excluding hydrogens is 288 g/mol. The maximum absolute atomic E-state index is 6.22. The second kappa shape index (κ2) is 4.46. The summed E-state index contributed by atoms with van der Waals surface area (Å²) in [5.41, 5.74) is 9.85. The molecule has 5 heteroatoms. The van der Waals surface area contributed by atoms with Crippen LogP contribution in [0.2, 0.25) is 0 Å². The molecule has 2 N–H and O–H groups in total. The van der Waals surface area contributed by atoms with Crippen molar-refractivity contribution in [3.63, 3.8) is 0 Å². The average Bonchev–Trinajstić information content (AvgIpc) is 3.10. The first-order valence-corrected chi connectivity index (χ1v) is 8.24. The van der Waals surface area contributed by atoms with Crippen LogP contribution in [0.15, 0.2) is 18.2 Å². The molecule has 1 aromatic carbocycles. The molecule has 0 amide bonds. The van der Waals surface area contributed by atoms with Crippen LogP contribution in [0.3, 0.4) is 0 Å². The number of nitrogen functional groups attached to an aromatic ring is 1. The van der Waals surface area contributed by atoms with Crippen molar-refractivity contribution in [2.75, 3.05) is 12.8 Å². The zero-order valence-corrected chi connectivity index (χ0v) is 12.7. The van der Waals surface area contributed by atoms with E-state index in [1.54, 1.807) is 29.8 Å². The van der Waals surface area contributed by atoms with Crippen molar-refractivity contribution < 1.29 is 4.74 Å². The number of anilines is 1. The Morgan fingerprint density at radius 3 is 3.00 bits per heavy atom. The van der Waals surface area contributed by atoms with E-state index in [1.807, 2.05) is 18.2 Å². The van der Waals surface area contributed by atoms with Crippen LogP contribution in [0.1, 0.15) is 16.9 Å². The lowest BCUT2D eigenvalue weighted by Crippen LogP contribution is -1.87. The fourth-order valence-corrected chi connectivity index (χ4v) is 5.11. The SMILES string of the molecule is COc1ccc2nc(-c3c(N)sc4c3CCC4)sc2c1. The summed E-state index contributed by atoms with van der Waals surface area (Å²) in [6.45, 7) is 0. The molecule has 0 atom stereocenters. The molecule has 0 aliphatic heterocycles. The smallest absolute Gasteiger partial charge is 0.127 e. The van der Waals surface area contributed by atoms with Gasteiger partial charge in [-0.1, -0.05) is 0 Å². The fourth-order valence-electron chi connectivity index (χ4n) is 2.80. The number of nitrogens with two attached hydrogens (primary N) is 1. The van der Waals surface area contributed by atoms with E-state index in [2.05, 4.69) is 0 Å². The van der Waals surface area contributed by atoms with E-state index >= 15 is 0 Å². The summed E-state index contributed by atoms with van der Waals surface area (Å²) in [5, 5.41) is 1.96. The molecule has 3 nitrogen and oxygen atoms in total. The van der Waals surface area contributed by atoms with Crippen LogP contribution in [-0.4, -0.2) is 12.1 Å². The molecule has 0 fully saturated rings. The number of aromatic nitrogens is 1. The van der Waals surface area contributed by atoms with Gasteiger partial charge in [0.05, 0.1) is 22.3 Å². The molecule has 1 aliphatic rings. The van der Waals surface area contributed by atoms with Gasteiger partial charge in [0, 0.05) is 10.4 Å². The molecule has 102 valence electrons. The predicted molar refractivity (Wildman–Crippen MR) is 85.9 cm³/mol. The van der Waals surface area contributed by atoms with E-state index in [4.69, 9.17) is 15.5 Å². The Hall–Kier alpha value is -1.59. The Kier molecular flexibility index (Phi) is 2.72. The highest BCUT2D eigenvalue weighted by molar-refractivity contribution is 7.22. The molecular formula is C15H14N2OS2. The third-order valence-electron chi connectivity index (χ3n) is 3.76. The number of fused-ring (bicyclic) bond motifs is 2. The number of rotatable bonds is 2. The second-order valence-electron chi connectivity index (χ2n) is 4.95. The molecule has 0 saturated heterocycles. The summed E-state index contributed by atoms with van der Waals surface area (Å²) < 4.78 is 6.43. The van der Waals surface area contributed by atoms with E-state index in [-0.39, 0.29) is 0 Å². The Morgan fingerprint density at radius 2 is 2.15 bits per heavy atom. The van der Waals surface area contributed by atoms with Crippen LogP contribution in [0.25, 0.3) is 20.8 Å². The van der Waals surface area contributed by atoms with E-state index in [1.165, 1.54) is 28.8 Å². The van der Waals surface area contributed by atoms with E-state index < -0.39 is 0 Å². The molecule has 0 bridgehead atoms. The topological polar surface area (TPSA) is 48.1 Å². The molecule has 2 aromatic heterocycles. The van der Waals surface area contributed by atoms with Crippen LogP contribution < -0.4 is 10.5 Å². The minimum Gasteiger partial charge on any atom is -0.497 e. The number of thiophene rings is 1. The van der Waals surface area contributed by atoms with Crippen molar-refractivity contribution >= 4 is 37.9 Å². The van der Waals surface area contributed by atoms with E-state index in [0.29, 0.717) is 0 Å². The molecule has 1 aliphatic carbocycles. The summed E-state index contributed by atoms with van der Waals surface area (Å²) in [6, 6.07) is 6.00. The van der Waals surface area contributed by atoms with Crippen LogP contribution in [0, 0.1) is 0 Å². The quantitative estimate of drug-likeness (QED) is 0.775. The number of benzene rings is 1. The third kappa shape index (κ3) is 1.73. The first-order chi connectivity index (χ1) is 9.76. The number of methoxy groups -OCH3 is 1. The van der Waals surface area contributed by atoms with Gasteiger partial charge >= 0.3 is 0 Å². The van der Waals surface area contributed by atoms with Crippen molar-refractivity contribution in [2.24, 2.45) is 0 Å². The third-order valence-corrected chi connectivity index (χ3v) is 5.91. The minimum absolute atomic E-state index is 0.871.